The second-order valence-corrected chi connectivity index (χ2v) is 9.19. The van der Waals surface area contributed by atoms with Crippen molar-refractivity contribution < 1.29 is 14.7 Å². The fourth-order valence-electron chi connectivity index (χ4n) is 3.62. The summed E-state index contributed by atoms with van der Waals surface area (Å²) < 4.78 is 0. The van der Waals surface area contributed by atoms with Crippen molar-refractivity contribution in [2.24, 2.45) is 0 Å². The van der Waals surface area contributed by atoms with E-state index in [1.54, 1.807) is 43.5 Å². The minimum absolute atomic E-state index is 0.0849. The van der Waals surface area contributed by atoms with E-state index in [-0.39, 0.29) is 12.0 Å². The molecule has 0 aliphatic heterocycles. The zero-order chi connectivity index (χ0) is 23.5. The standard InChI is InChI=1S/C23H21ClN4O4S/c1-12-26-20-19(22(30)27-12)14(11-25-20)6-7-15-8-9-18(33-15)21(29)28-17(23(31)32)10-13-4-2-3-5-16(13)24/h2-5,8-9,11,17H,6-7,10H2,1H3,(H,28,29)(H,31,32)(H2,25,26,27,30)/t17-/m0/s1. The minimum atomic E-state index is -1.13. The third kappa shape index (κ3) is 5.15. The molecular weight excluding hydrogens is 464 g/mol. The predicted octanol–water partition coefficient (Wildman–Crippen LogP) is 3.49. The first-order valence-corrected chi connectivity index (χ1v) is 11.4. The van der Waals surface area contributed by atoms with Gasteiger partial charge in [0.25, 0.3) is 11.5 Å². The van der Waals surface area contributed by atoms with Crippen molar-refractivity contribution in [3.8, 4) is 0 Å². The van der Waals surface area contributed by atoms with E-state index in [1.165, 1.54) is 11.3 Å². The summed E-state index contributed by atoms with van der Waals surface area (Å²) in [6.07, 6.45) is 3.08. The number of nitrogens with zero attached hydrogens (tertiary/aromatic N) is 1. The highest BCUT2D eigenvalue weighted by atomic mass is 35.5. The van der Waals surface area contributed by atoms with Gasteiger partial charge in [-0.1, -0.05) is 29.8 Å². The molecule has 4 rings (SSSR count). The molecule has 0 aliphatic rings. The van der Waals surface area contributed by atoms with Gasteiger partial charge in [-0.05, 0) is 49.1 Å². The third-order valence-corrected chi connectivity index (χ3v) is 6.77. The third-order valence-electron chi connectivity index (χ3n) is 5.25. The average Bonchev–Trinajstić information content (AvgIpc) is 3.40. The van der Waals surface area contributed by atoms with Crippen LogP contribution in [0.5, 0.6) is 0 Å². The SMILES string of the molecule is Cc1nc2[nH]cc(CCc3ccc(C(=O)N[C@@H](Cc4ccccc4Cl)C(=O)O)s3)c2c(=O)[nH]1. The molecule has 0 saturated heterocycles. The van der Waals surface area contributed by atoms with Crippen LogP contribution in [-0.4, -0.2) is 38.0 Å². The van der Waals surface area contributed by atoms with Crippen molar-refractivity contribution >= 4 is 45.8 Å². The first-order valence-electron chi connectivity index (χ1n) is 10.2. The first-order chi connectivity index (χ1) is 15.8. The van der Waals surface area contributed by atoms with E-state index in [4.69, 9.17) is 11.6 Å². The van der Waals surface area contributed by atoms with Crippen molar-refractivity contribution in [2.45, 2.75) is 32.2 Å². The Balaban J connectivity index is 1.42. The molecule has 4 N–H and O–H groups in total. The molecule has 4 aromatic rings. The van der Waals surface area contributed by atoms with Gasteiger partial charge >= 0.3 is 5.97 Å². The molecule has 0 bridgehead atoms. The largest absolute Gasteiger partial charge is 0.480 e. The number of carbonyl (C=O) groups excluding carboxylic acids is 1. The van der Waals surface area contributed by atoms with E-state index in [2.05, 4.69) is 20.3 Å². The molecule has 3 aromatic heterocycles. The molecule has 3 heterocycles. The van der Waals surface area contributed by atoms with E-state index in [0.717, 1.165) is 10.4 Å². The van der Waals surface area contributed by atoms with Crippen molar-refractivity contribution in [1.29, 1.82) is 0 Å². The van der Waals surface area contributed by atoms with E-state index < -0.39 is 17.9 Å². The van der Waals surface area contributed by atoms with Crippen LogP contribution in [0.3, 0.4) is 0 Å². The molecule has 170 valence electrons. The fourth-order valence-corrected chi connectivity index (χ4v) is 4.74. The zero-order valence-electron chi connectivity index (χ0n) is 17.6. The van der Waals surface area contributed by atoms with Crippen LogP contribution in [0, 0.1) is 6.92 Å². The van der Waals surface area contributed by atoms with Gasteiger partial charge in [-0.3, -0.25) is 9.59 Å². The fraction of sp³-hybridized carbons (Fsp3) is 0.217. The number of aryl methyl sites for hydroxylation is 3. The number of carboxylic acids is 1. The summed E-state index contributed by atoms with van der Waals surface area (Å²) in [7, 11) is 0. The number of amides is 1. The van der Waals surface area contributed by atoms with Crippen molar-refractivity contribution in [3.05, 3.63) is 84.7 Å². The number of aliphatic carboxylic acids is 1. The van der Waals surface area contributed by atoms with Crippen LogP contribution >= 0.6 is 22.9 Å². The molecule has 0 unspecified atom stereocenters. The normalized spacial score (nSPS) is 12.1. The Morgan fingerprint density at radius 2 is 1.97 bits per heavy atom. The van der Waals surface area contributed by atoms with Crippen molar-refractivity contribution in [2.75, 3.05) is 0 Å². The lowest BCUT2D eigenvalue weighted by Crippen LogP contribution is -2.42. The van der Waals surface area contributed by atoms with Crippen LogP contribution in [0.2, 0.25) is 5.02 Å². The molecule has 0 spiro atoms. The number of thiophene rings is 1. The summed E-state index contributed by atoms with van der Waals surface area (Å²) in [4.78, 5) is 48.0. The second kappa shape index (κ2) is 9.60. The Bertz CT molecular complexity index is 1390. The number of nitrogens with one attached hydrogen (secondary N) is 3. The number of H-pyrrole nitrogens is 2. The highest BCUT2D eigenvalue weighted by molar-refractivity contribution is 7.14. The number of hydrogen-bond acceptors (Lipinski definition) is 5. The monoisotopic (exact) mass is 484 g/mol. The summed E-state index contributed by atoms with van der Waals surface area (Å²) in [5.74, 6) is -1.04. The van der Waals surface area contributed by atoms with Crippen LogP contribution in [0.15, 0.2) is 47.4 Å². The summed E-state index contributed by atoms with van der Waals surface area (Å²) in [5, 5.41) is 13.1. The van der Waals surface area contributed by atoms with E-state index >= 15 is 0 Å². The number of aromatic nitrogens is 3. The molecule has 0 aliphatic carbocycles. The highest BCUT2D eigenvalue weighted by Gasteiger charge is 2.23. The maximum atomic E-state index is 12.7. The Morgan fingerprint density at radius 1 is 1.18 bits per heavy atom. The van der Waals surface area contributed by atoms with Crippen molar-refractivity contribution in [3.63, 3.8) is 0 Å². The van der Waals surface area contributed by atoms with Gasteiger partial charge in [0.2, 0.25) is 0 Å². The molecule has 8 nitrogen and oxygen atoms in total. The number of rotatable bonds is 8. The van der Waals surface area contributed by atoms with E-state index in [0.29, 0.717) is 45.2 Å². The molecule has 1 atom stereocenters. The van der Waals surface area contributed by atoms with Gasteiger partial charge < -0.3 is 20.4 Å². The number of hydrogen-bond donors (Lipinski definition) is 4. The number of halogens is 1. The van der Waals surface area contributed by atoms with Gasteiger partial charge in [-0.15, -0.1) is 11.3 Å². The second-order valence-electron chi connectivity index (χ2n) is 7.61. The molecule has 10 heteroatoms. The van der Waals surface area contributed by atoms with Gasteiger partial charge in [-0.25, -0.2) is 9.78 Å². The number of carboxylic acid groups (broad SMARTS) is 1. The summed E-state index contributed by atoms with van der Waals surface area (Å²) in [6.45, 7) is 1.73. The Kier molecular flexibility index (Phi) is 6.62. The molecule has 0 radical (unpaired) electrons. The maximum Gasteiger partial charge on any atom is 0.326 e. The summed E-state index contributed by atoms with van der Waals surface area (Å²) >= 11 is 7.42. The smallest absolute Gasteiger partial charge is 0.326 e. The van der Waals surface area contributed by atoms with Crippen LogP contribution < -0.4 is 10.9 Å². The number of benzene rings is 1. The first kappa shape index (κ1) is 22.8. The Morgan fingerprint density at radius 3 is 2.73 bits per heavy atom. The van der Waals surface area contributed by atoms with Gasteiger partial charge in [0.15, 0.2) is 0 Å². The summed E-state index contributed by atoms with van der Waals surface area (Å²) in [6, 6.07) is 9.37. The zero-order valence-corrected chi connectivity index (χ0v) is 19.2. The van der Waals surface area contributed by atoms with Crippen molar-refractivity contribution in [1.82, 2.24) is 20.3 Å². The van der Waals surface area contributed by atoms with Gasteiger partial charge in [-0.2, -0.15) is 0 Å². The molecule has 1 amide bonds. The number of fused-ring (bicyclic) bond motifs is 1. The van der Waals surface area contributed by atoms with Crippen LogP contribution in [0.4, 0.5) is 0 Å². The van der Waals surface area contributed by atoms with Gasteiger partial charge in [0.1, 0.15) is 17.5 Å². The van der Waals surface area contributed by atoms with Crippen LogP contribution in [0.1, 0.15) is 31.5 Å². The minimum Gasteiger partial charge on any atom is -0.480 e. The number of carbonyl (C=O) groups is 2. The van der Waals surface area contributed by atoms with E-state index in [1.807, 2.05) is 6.07 Å². The molecule has 0 fully saturated rings. The highest BCUT2D eigenvalue weighted by Crippen LogP contribution is 2.22. The Labute approximate surface area is 197 Å². The van der Waals surface area contributed by atoms with Gasteiger partial charge in [0.05, 0.1) is 10.3 Å². The van der Waals surface area contributed by atoms with Crippen LogP contribution in [0.25, 0.3) is 11.0 Å². The van der Waals surface area contributed by atoms with Crippen LogP contribution in [-0.2, 0) is 24.1 Å². The molecule has 0 saturated carbocycles. The molecular formula is C23H21ClN4O4S. The number of aromatic amines is 2. The lowest BCUT2D eigenvalue weighted by Gasteiger charge is -2.14. The molecule has 1 aromatic carbocycles. The topological polar surface area (TPSA) is 128 Å². The molecule has 33 heavy (non-hydrogen) atoms. The quantitative estimate of drug-likeness (QED) is 0.304. The average molecular weight is 485 g/mol. The maximum absolute atomic E-state index is 12.7. The predicted molar refractivity (Wildman–Crippen MR) is 127 cm³/mol. The lowest BCUT2D eigenvalue weighted by atomic mass is 10.1. The van der Waals surface area contributed by atoms with Gasteiger partial charge in [0, 0.05) is 22.5 Å². The van der Waals surface area contributed by atoms with E-state index in [9.17, 15) is 19.5 Å². The lowest BCUT2D eigenvalue weighted by molar-refractivity contribution is -0.139. The summed E-state index contributed by atoms with van der Waals surface area (Å²) in [5.41, 5.74) is 1.87. The Hall–Kier alpha value is -3.43.